The largest absolute Gasteiger partial charge is 0.481 e. The first-order valence-corrected chi connectivity index (χ1v) is 7.43. The van der Waals surface area contributed by atoms with Crippen LogP contribution in [0.3, 0.4) is 0 Å². The average Bonchev–Trinajstić information content (AvgIpc) is 3.08. The minimum absolute atomic E-state index is 0.637. The van der Waals surface area contributed by atoms with Gasteiger partial charge in [0.1, 0.15) is 0 Å². The van der Waals surface area contributed by atoms with Crippen molar-refractivity contribution in [3.05, 3.63) is 48.2 Å². The molecule has 1 N–H and O–H groups in total. The van der Waals surface area contributed by atoms with Crippen molar-refractivity contribution in [3.63, 3.8) is 0 Å². The van der Waals surface area contributed by atoms with Crippen LogP contribution < -0.4 is 15.0 Å². The third-order valence-corrected chi connectivity index (χ3v) is 3.87. The van der Waals surface area contributed by atoms with Crippen molar-refractivity contribution in [1.82, 2.24) is 4.98 Å². The second-order valence-electron chi connectivity index (χ2n) is 5.27. The van der Waals surface area contributed by atoms with E-state index in [-0.39, 0.29) is 0 Å². The van der Waals surface area contributed by atoms with E-state index in [0.29, 0.717) is 5.88 Å². The molecule has 1 aliphatic rings. The summed E-state index contributed by atoms with van der Waals surface area (Å²) in [5.74, 6) is 0.637. The predicted molar refractivity (Wildman–Crippen MR) is 86.0 cm³/mol. The Kier molecular flexibility index (Phi) is 4.24. The molecule has 0 unspecified atom stereocenters. The predicted octanol–water partition coefficient (Wildman–Crippen LogP) is 3.30. The first-order valence-electron chi connectivity index (χ1n) is 7.43. The minimum atomic E-state index is 0.637. The molecule has 4 heteroatoms. The first kappa shape index (κ1) is 13.7. The summed E-state index contributed by atoms with van der Waals surface area (Å²) in [5, 5.41) is 3.43. The minimum Gasteiger partial charge on any atom is -0.481 e. The van der Waals surface area contributed by atoms with Crippen LogP contribution in [0.4, 0.5) is 11.4 Å². The summed E-state index contributed by atoms with van der Waals surface area (Å²) in [4.78, 5) is 6.69. The van der Waals surface area contributed by atoms with Crippen molar-refractivity contribution in [2.24, 2.45) is 0 Å². The molecule has 1 aromatic heterocycles. The summed E-state index contributed by atoms with van der Waals surface area (Å²) in [6.07, 6.45) is 4.39. The monoisotopic (exact) mass is 283 g/mol. The average molecular weight is 283 g/mol. The van der Waals surface area contributed by atoms with E-state index in [0.717, 1.165) is 12.2 Å². The lowest BCUT2D eigenvalue weighted by Gasteiger charge is -2.21. The highest BCUT2D eigenvalue weighted by Crippen LogP contribution is 2.25. The number of ether oxygens (including phenoxy) is 1. The third kappa shape index (κ3) is 3.27. The van der Waals surface area contributed by atoms with Gasteiger partial charge in [0.15, 0.2) is 0 Å². The molecule has 1 aliphatic heterocycles. The molecule has 1 aromatic carbocycles. The Morgan fingerprint density at radius 2 is 1.95 bits per heavy atom. The molecule has 4 nitrogen and oxygen atoms in total. The van der Waals surface area contributed by atoms with E-state index in [4.69, 9.17) is 4.74 Å². The number of nitrogens with one attached hydrogen (secondary N) is 1. The molecule has 0 spiro atoms. The van der Waals surface area contributed by atoms with Gasteiger partial charge in [0.25, 0.3) is 0 Å². The quantitative estimate of drug-likeness (QED) is 0.913. The summed E-state index contributed by atoms with van der Waals surface area (Å²) >= 11 is 0. The number of aromatic nitrogens is 1. The van der Waals surface area contributed by atoms with Crippen molar-refractivity contribution in [1.29, 1.82) is 0 Å². The Bertz CT molecular complexity index is 577. The number of hydrogen-bond acceptors (Lipinski definition) is 4. The van der Waals surface area contributed by atoms with Gasteiger partial charge in [-0.3, -0.25) is 0 Å². The van der Waals surface area contributed by atoms with Crippen LogP contribution >= 0.6 is 0 Å². The lowest BCUT2D eigenvalue weighted by atomic mass is 10.1. The summed E-state index contributed by atoms with van der Waals surface area (Å²) in [6.45, 7) is 3.14. The molecule has 1 saturated heterocycles. The maximum Gasteiger partial charge on any atom is 0.213 e. The molecule has 21 heavy (non-hydrogen) atoms. The molecule has 0 radical (unpaired) electrons. The fraction of sp³-hybridized carbons (Fsp3) is 0.353. The Morgan fingerprint density at radius 3 is 2.67 bits per heavy atom. The van der Waals surface area contributed by atoms with Gasteiger partial charge in [0.05, 0.1) is 19.0 Å². The van der Waals surface area contributed by atoms with Crippen LogP contribution in [0.2, 0.25) is 0 Å². The third-order valence-electron chi connectivity index (χ3n) is 3.87. The number of benzene rings is 1. The number of methoxy groups -OCH3 is 1. The maximum absolute atomic E-state index is 5.07. The highest BCUT2D eigenvalue weighted by atomic mass is 16.5. The van der Waals surface area contributed by atoms with Gasteiger partial charge in [0, 0.05) is 31.4 Å². The number of rotatable bonds is 5. The fourth-order valence-electron chi connectivity index (χ4n) is 2.73. The van der Waals surface area contributed by atoms with Crippen molar-refractivity contribution < 1.29 is 4.74 Å². The Morgan fingerprint density at radius 1 is 1.14 bits per heavy atom. The molecular formula is C17H21N3O. The van der Waals surface area contributed by atoms with Gasteiger partial charge in [0.2, 0.25) is 5.88 Å². The lowest BCUT2D eigenvalue weighted by Crippen LogP contribution is -2.19. The van der Waals surface area contributed by atoms with Crippen LogP contribution in [0.1, 0.15) is 18.4 Å². The zero-order chi connectivity index (χ0) is 14.5. The van der Waals surface area contributed by atoms with Crippen LogP contribution in [-0.2, 0) is 6.54 Å². The standard InChI is InChI=1S/C17H21N3O/c1-21-17-9-8-15(13-19-17)18-12-14-6-2-3-7-16(14)20-10-4-5-11-20/h2-3,6-9,13,18H,4-5,10-12H2,1H3. The fourth-order valence-corrected chi connectivity index (χ4v) is 2.73. The number of anilines is 2. The van der Waals surface area contributed by atoms with Crippen LogP contribution in [-0.4, -0.2) is 25.2 Å². The van der Waals surface area contributed by atoms with Gasteiger partial charge < -0.3 is 15.0 Å². The zero-order valence-electron chi connectivity index (χ0n) is 12.4. The SMILES string of the molecule is COc1ccc(NCc2ccccc2N2CCCC2)cn1. The van der Waals surface area contributed by atoms with E-state index in [2.05, 4.69) is 39.5 Å². The summed E-state index contributed by atoms with van der Waals surface area (Å²) in [6, 6.07) is 12.5. The normalized spacial score (nSPS) is 14.2. The second-order valence-corrected chi connectivity index (χ2v) is 5.27. The van der Waals surface area contributed by atoms with Gasteiger partial charge in [-0.25, -0.2) is 4.98 Å². The zero-order valence-corrected chi connectivity index (χ0v) is 12.4. The number of nitrogens with zero attached hydrogens (tertiary/aromatic N) is 2. The number of para-hydroxylation sites is 1. The molecule has 2 heterocycles. The van der Waals surface area contributed by atoms with E-state index in [1.54, 1.807) is 13.3 Å². The van der Waals surface area contributed by atoms with Crippen LogP contribution in [0, 0.1) is 0 Å². The molecule has 0 atom stereocenters. The molecule has 0 saturated carbocycles. The Hall–Kier alpha value is -2.23. The van der Waals surface area contributed by atoms with Crippen LogP contribution in [0.15, 0.2) is 42.6 Å². The molecule has 0 amide bonds. The van der Waals surface area contributed by atoms with Gasteiger partial charge >= 0.3 is 0 Å². The van der Waals surface area contributed by atoms with E-state index < -0.39 is 0 Å². The summed E-state index contributed by atoms with van der Waals surface area (Å²) in [7, 11) is 1.63. The van der Waals surface area contributed by atoms with Crippen molar-refractivity contribution in [2.45, 2.75) is 19.4 Å². The van der Waals surface area contributed by atoms with Crippen molar-refractivity contribution in [3.8, 4) is 5.88 Å². The van der Waals surface area contributed by atoms with Crippen LogP contribution in [0.5, 0.6) is 5.88 Å². The molecular weight excluding hydrogens is 262 g/mol. The molecule has 110 valence electrons. The maximum atomic E-state index is 5.07. The molecule has 3 rings (SSSR count). The van der Waals surface area contributed by atoms with E-state index in [1.165, 1.54) is 37.2 Å². The second kappa shape index (κ2) is 6.48. The number of pyridine rings is 1. The highest BCUT2D eigenvalue weighted by Gasteiger charge is 2.14. The molecule has 0 aliphatic carbocycles. The first-order chi connectivity index (χ1) is 10.4. The van der Waals surface area contributed by atoms with Crippen molar-refractivity contribution in [2.75, 3.05) is 30.4 Å². The van der Waals surface area contributed by atoms with Gasteiger partial charge in [-0.2, -0.15) is 0 Å². The highest BCUT2D eigenvalue weighted by molar-refractivity contribution is 5.56. The number of hydrogen-bond donors (Lipinski definition) is 1. The Balaban J connectivity index is 1.69. The smallest absolute Gasteiger partial charge is 0.213 e. The summed E-state index contributed by atoms with van der Waals surface area (Å²) < 4.78 is 5.07. The molecule has 2 aromatic rings. The van der Waals surface area contributed by atoms with E-state index in [9.17, 15) is 0 Å². The molecule has 0 bridgehead atoms. The van der Waals surface area contributed by atoms with Gasteiger partial charge in [-0.05, 0) is 30.5 Å². The van der Waals surface area contributed by atoms with Gasteiger partial charge in [-0.1, -0.05) is 18.2 Å². The van der Waals surface area contributed by atoms with E-state index in [1.807, 2.05) is 12.1 Å². The summed E-state index contributed by atoms with van der Waals surface area (Å²) in [5.41, 5.74) is 3.69. The Labute approximate surface area is 125 Å². The van der Waals surface area contributed by atoms with E-state index >= 15 is 0 Å². The van der Waals surface area contributed by atoms with Gasteiger partial charge in [-0.15, -0.1) is 0 Å². The lowest BCUT2D eigenvalue weighted by molar-refractivity contribution is 0.398. The van der Waals surface area contributed by atoms with Crippen LogP contribution in [0.25, 0.3) is 0 Å². The molecule has 1 fully saturated rings. The van der Waals surface area contributed by atoms with Crippen molar-refractivity contribution >= 4 is 11.4 Å². The topological polar surface area (TPSA) is 37.4 Å².